The summed E-state index contributed by atoms with van der Waals surface area (Å²) in [6, 6.07) is 0. The Hall–Kier alpha value is -1.57. The lowest BCUT2D eigenvalue weighted by molar-refractivity contribution is -0.287. The van der Waals surface area contributed by atoms with Gasteiger partial charge in [-0.15, -0.1) is 0 Å². The van der Waals surface area contributed by atoms with Gasteiger partial charge in [-0.3, -0.25) is 9.59 Å². The summed E-state index contributed by atoms with van der Waals surface area (Å²) >= 11 is 0. The predicted octanol–water partition coefficient (Wildman–Crippen LogP) is 0.945. The number of carbonyl (C=O) groups excluding carboxylic acids is 3. The minimum absolute atomic E-state index is 0.106. The summed E-state index contributed by atoms with van der Waals surface area (Å²) in [5.41, 5.74) is -3.02. The molecule has 140 valence electrons. The van der Waals surface area contributed by atoms with Gasteiger partial charge in [-0.1, -0.05) is 6.58 Å². The van der Waals surface area contributed by atoms with E-state index < -0.39 is 34.3 Å². The molecule has 0 radical (unpaired) electrons. The highest BCUT2D eigenvalue weighted by Crippen LogP contribution is 2.75. The first-order valence-electron chi connectivity index (χ1n) is 9.03. The Morgan fingerprint density at radius 3 is 2.54 bits per heavy atom. The second-order valence-electron chi connectivity index (χ2n) is 8.37. The van der Waals surface area contributed by atoms with E-state index in [2.05, 4.69) is 6.58 Å². The van der Waals surface area contributed by atoms with Gasteiger partial charge >= 0.3 is 5.97 Å². The van der Waals surface area contributed by atoms with E-state index in [1.807, 2.05) is 0 Å². The van der Waals surface area contributed by atoms with Crippen molar-refractivity contribution in [3.63, 3.8) is 0 Å². The van der Waals surface area contributed by atoms with Crippen LogP contribution in [0.1, 0.15) is 32.1 Å². The van der Waals surface area contributed by atoms with E-state index in [1.54, 1.807) is 0 Å². The minimum atomic E-state index is -1.28. The molecule has 2 spiro atoms. The van der Waals surface area contributed by atoms with Crippen LogP contribution in [0.2, 0.25) is 0 Å². The van der Waals surface area contributed by atoms with E-state index in [-0.39, 0.29) is 43.4 Å². The molecule has 0 aromatic heterocycles. The standard InChI is InChI=1S/C19H22O7/c1-10-6-19(23-2,24-3)14-17(13(10)21)9-25-15(22)18(26-14)7-11-4-5-16(17,18)8-12(11)20/h11,14H,1,4-9H2,2-3H3/t11-,14-,16-,17-,18+/m1/s1. The number of Topliss-reactive ketones (excluding diaryl/α,β-unsaturated/α-hetero) is 2. The van der Waals surface area contributed by atoms with Crippen LogP contribution in [-0.4, -0.2) is 55.9 Å². The average Bonchev–Trinajstić information content (AvgIpc) is 2.83. The summed E-state index contributed by atoms with van der Waals surface area (Å²) in [6.07, 6.45) is 1.01. The second-order valence-corrected chi connectivity index (χ2v) is 8.37. The molecule has 2 heterocycles. The van der Waals surface area contributed by atoms with Gasteiger partial charge in [0.2, 0.25) is 0 Å². The maximum Gasteiger partial charge on any atom is 0.339 e. The monoisotopic (exact) mass is 362 g/mol. The highest BCUT2D eigenvalue weighted by Gasteiger charge is 2.87. The van der Waals surface area contributed by atoms with Crippen molar-refractivity contribution in [1.29, 1.82) is 0 Å². The molecule has 6 rings (SSSR count). The lowest BCUT2D eigenvalue weighted by atomic mass is 9.40. The van der Waals surface area contributed by atoms with E-state index in [0.717, 1.165) is 0 Å². The van der Waals surface area contributed by atoms with Crippen molar-refractivity contribution < 1.29 is 33.3 Å². The van der Waals surface area contributed by atoms with Crippen molar-refractivity contribution in [3.05, 3.63) is 12.2 Å². The summed E-state index contributed by atoms with van der Waals surface area (Å²) in [5, 5.41) is 0. The van der Waals surface area contributed by atoms with Crippen molar-refractivity contribution in [1.82, 2.24) is 0 Å². The zero-order valence-corrected chi connectivity index (χ0v) is 15.0. The van der Waals surface area contributed by atoms with Crippen LogP contribution in [0.4, 0.5) is 0 Å². The SMILES string of the molecule is C=C1CC(OC)(OC)[C@@H]2O[C@]34C[C@H]5CC[C@@]3(CC5=O)[C@]2(COC4=O)C1=O. The zero-order valence-electron chi connectivity index (χ0n) is 15.0. The number of methoxy groups -OCH3 is 2. The molecule has 6 fully saturated rings. The molecule has 0 N–H and O–H groups in total. The molecular formula is C19H22O7. The Kier molecular flexibility index (Phi) is 2.96. The minimum Gasteiger partial charge on any atom is -0.462 e. The summed E-state index contributed by atoms with van der Waals surface area (Å²) in [6.45, 7) is 3.83. The Morgan fingerprint density at radius 1 is 1.15 bits per heavy atom. The van der Waals surface area contributed by atoms with Gasteiger partial charge in [0.1, 0.15) is 23.9 Å². The number of rotatable bonds is 2. The number of carbonyl (C=O) groups is 3. The number of ketones is 2. The van der Waals surface area contributed by atoms with Gasteiger partial charge in [-0.25, -0.2) is 4.79 Å². The normalized spacial score (nSPS) is 48.2. The lowest BCUT2D eigenvalue weighted by Crippen LogP contribution is -2.73. The Labute approximate surface area is 151 Å². The number of hydrogen-bond donors (Lipinski definition) is 0. The van der Waals surface area contributed by atoms with E-state index in [9.17, 15) is 14.4 Å². The molecule has 2 aliphatic heterocycles. The maximum atomic E-state index is 13.5. The van der Waals surface area contributed by atoms with Crippen LogP contribution in [0.3, 0.4) is 0 Å². The molecule has 7 nitrogen and oxygen atoms in total. The molecule has 5 atom stereocenters. The fourth-order valence-electron chi connectivity index (χ4n) is 6.60. The van der Waals surface area contributed by atoms with Gasteiger partial charge in [0.05, 0.1) is 0 Å². The third kappa shape index (κ3) is 1.38. The van der Waals surface area contributed by atoms with Crippen LogP contribution < -0.4 is 0 Å². The average molecular weight is 362 g/mol. The summed E-state index contributed by atoms with van der Waals surface area (Å²) in [5.74, 6) is -2.00. The van der Waals surface area contributed by atoms with Crippen molar-refractivity contribution in [2.75, 3.05) is 20.8 Å². The highest BCUT2D eigenvalue weighted by molar-refractivity contribution is 6.06. The van der Waals surface area contributed by atoms with Gasteiger partial charge in [0.25, 0.3) is 0 Å². The van der Waals surface area contributed by atoms with Gasteiger partial charge in [-0.2, -0.15) is 0 Å². The van der Waals surface area contributed by atoms with Crippen molar-refractivity contribution >= 4 is 17.5 Å². The predicted molar refractivity (Wildman–Crippen MR) is 85.9 cm³/mol. The zero-order chi connectivity index (χ0) is 18.5. The first kappa shape index (κ1) is 16.6. The fourth-order valence-corrected chi connectivity index (χ4v) is 6.60. The van der Waals surface area contributed by atoms with Crippen LogP contribution in [0, 0.1) is 16.7 Å². The van der Waals surface area contributed by atoms with Crippen LogP contribution in [0.25, 0.3) is 0 Å². The van der Waals surface area contributed by atoms with Crippen molar-refractivity contribution in [2.24, 2.45) is 16.7 Å². The Bertz CT molecular complexity index is 768. The smallest absolute Gasteiger partial charge is 0.339 e. The van der Waals surface area contributed by atoms with E-state index in [0.29, 0.717) is 18.4 Å². The molecule has 0 aromatic rings. The fraction of sp³-hybridized carbons (Fsp3) is 0.737. The first-order chi connectivity index (χ1) is 12.3. The van der Waals surface area contributed by atoms with Crippen molar-refractivity contribution in [3.8, 4) is 0 Å². The highest BCUT2D eigenvalue weighted by atomic mass is 16.7. The molecule has 2 saturated heterocycles. The molecule has 4 bridgehead atoms. The van der Waals surface area contributed by atoms with Gasteiger partial charge < -0.3 is 18.9 Å². The number of cyclic esters (lactones) is 1. The molecule has 0 aromatic carbocycles. The Balaban J connectivity index is 1.82. The number of esters is 1. The van der Waals surface area contributed by atoms with Crippen molar-refractivity contribution in [2.45, 2.75) is 49.6 Å². The lowest BCUT2D eigenvalue weighted by Gasteiger charge is -2.61. The van der Waals surface area contributed by atoms with Crippen LogP contribution in [0.5, 0.6) is 0 Å². The molecule has 26 heavy (non-hydrogen) atoms. The topological polar surface area (TPSA) is 88.1 Å². The quantitative estimate of drug-likeness (QED) is 0.410. The first-order valence-corrected chi connectivity index (χ1v) is 9.03. The molecule has 4 aliphatic carbocycles. The van der Waals surface area contributed by atoms with E-state index >= 15 is 0 Å². The van der Waals surface area contributed by atoms with Crippen LogP contribution >= 0.6 is 0 Å². The van der Waals surface area contributed by atoms with Crippen LogP contribution in [0.15, 0.2) is 12.2 Å². The number of fused-ring (bicyclic) bond motifs is 2. The third-order valence-corrected chi connectivity index (χ3v) is 7.82. The number of hydrogen-bond acceptors (Lipinski definition) is 7. The third-order valence-electron chi connectivity index (χ3n) is 7.82. The molecule has 6 aliphatic rings. The molecular weight excluding hydrogens is 340 g/mol. The molecule has 4 saturated carbocycles. The van der Waals surface area contributed by atoms with Gasteiger partial charge in [0.15, 0.2) is 17.2 Å². The molecule has 7 heteroatoms. The largest absolute Gasteiger partial charge is 0.462 e. The summed E-state index contributed by atoms with van der Waals surface area (Å²) in [4.78, 5) is 39.1. The summed E-state index contributed by atoms with van der Waals surface area (Å²) in [7, 11) is 2.99. The van der Waals surface area contributed by atoms with Crippen LogP contribution in [-0.2, 0) is 33.3 Å². The molecule has 0 unspecified atom stereocenters. The Morgan fingerprint density at radius 2 is 1.88 bits per heavy atom. The van der Waals surface area contributed by atoms with Gasteiger partial charge in [-0.05, 0) is 24.8 Å². The summed E-state index contributed by atoms with van der Waals surface area (Å²) < 4.78 is 23.4. The van der Waals surface area contributed by atoms with E-state index in [4.69, 9.17) is 18.9 Å². The van der Waals surface area contributed by atoms with Gasteiger partial charge in [0, 0.05) is 38.4 Å². The second kappa shape index (κ2) is 4.64. The van der Waals surface area contributed by atoms with E-state index in [1.165, 1.54) is 14.2 Å². The molecule has 0 amide bonds. The number of ether oxygens (including phenoxy) is 4. The maximum absolute atomic E-state index is 13.5.